The van der Waals surface area contributed by atoms with Crippen LogP contribution in [-0.2, 0) is 4.74 Å². The highest BCUT2D eigenvalue weighted by Gasteiger charge is 2.28. The molecule has 0 saturated carbocycles. The summed E-state index contributed by atoms with van der Waals surface area (Å²) in [5, 5.41) is 3.59. The van der Waals surface area contributed by atoms with E-state index in [9.17, 15) is 0 Å². The normalized spacial score (nSPS) is 20.7. The first kappa shape index (κ1) is 15.3. The van der Waals surface area contributed by atoms with Gasteiger partial charge in [-0.2, -0.15) is 0 Å². The van der Waals surface area contributed by atoms with Crippen molar-refractivity contribution in [3.8, 4) is 5.75 Å². The maximum atomic E-state index is 6.00. The fourth-order valence-corrected chi connectivity index (χ4v) is 3.02. The molecule has 0 spiro atoms. The lowest BCUT2D eigenvalue weighted by Gasteiger charge is -2.32. The molecule has 1 aliphatic heterocycles. The van der Waals surface area contributed by atoms with Gasteiger partial charge < -0.3 is 14.8 Å². The number of ether oxygens (including phenoxy) is 2. The van der Waals surface area contributed by atoms with Crippen LogP contribution in [0.4, 0.5) is 0 Å². The van der Waals surface area contributed by atoms with E-state index in [0.29, 0.717) is 0 Å². The molecule has 0 radical (unpaired) electrons. The van der Waals surface area contributed by atoms with Crippen LogP contribution in [0.1, 0.15) is 48.9 Å². The smallest absolute Gasteiger partial charge is 0.126 e. The SMILES string of the molecule is CCNC(c1ccc(C)c(C)c1OC)C1CCCCO1. The molecular weight excluding hydrogens is 250 g/mol. The molecule has 1 aromatic carbocycles. The monoisotopic (exact) mass is 277 g/mol. The quantitative estimate of drug-likeness (QED) is 0.893. The molecule has 1 fully saturated rings. The topological polar surface area (TPSA) is 30.5 Å². The van der Waals surface area contributed by atoms with Crippen molar-refractivity contribution in [1.29, 1.82) is 0 Å². The summed E-state index contributed by atoms with van der Waals surface area (Å²) in [6.07, 6.45) is 3.80. The Morgan fingerprint density at radius 1 is 1.35 bits per heavy atom. The van der Waals surface area contributed by atoms with Gasteiger partial charge in [-0.05, 0) is 50.8 Å². The Kier molecular flexibility index (Phi) is 5.44. The Hall–Kier alpha value is -1.06. The minimum absolute atomic E-state index is 0.217. The summed E-state index contributed by atoms with van der Waals surface area (Å²) in [5.74, 6) is 1.00. The molecule has 1 aromatic rings. The van der Waals surface area contributed by atoms with Gasteiger partial charge in [-0.15, -0.1) is 0 Å². The highest BCUT2D eigenvalue weighted by Crippen LogP contribution is 2.35. The Morgan fingerprint density at radius 2 is 2.15 bits per heavy atom. The van der Waals surface area contributed by atoms with Crippen molar-refractivity contribution < 1.29 is 9.47 Å². The molecule has 0 bridgehead atoms. The predicted octanol–water partition coefficient (Wildman–Crippen LogP) is 3.53. The first-order valence-corrected chi connectivity index (χ1v) is 7.68. The largest absolute Gasteiger partial charge is 0.496 e. The minimum atomic E-state index is 0.217. The van der Waals surface area contributed by atoms with Gasteiger partial charge in [-0.25, -0.2) is 0 Å². The van der Waals surface area contributed by atoms with Gasteiger partial charge in [0.25, 0.3) is 0 Å². The van der Waals surface area contributed by atoms with Crippen molar-refractivity contribution in [2.24, 2.45) is 0 Å². The Balaban J connectivity index is 2.35. The van der Waals surface area contributed by atoms with E-state index < -0.39 is 0 Å². The third-order valence-electron chi connectivity index (χ3n) is 4.26. The standard InChI is InChI=1S/C17H27NO2/c1-5-18-16(15-8-6-7-11-20-15)14-10-9-12(2)13(3)17(14)19-4/h9-10,15-16,18H,5-8,11H2,1-4H3. The molecule has 1 aliphatic rings. The number of likely N-dealkylation sites (N-methyl/N-ethyl adjacent to an activating group) is 1. The van der Waals surface area contributed by atoms with E-state index in [2.05, 4.69) is 38.2 Å². The molecule has 0 amide bonds. The van der Waals surface area contributed by atoms with Crippen LogP contribution < -0.4 is 10.1 Å². The molecule has 2 rings (SSSR count). The van der Waals surface area contributed by atoms with Gasteiger partial charge >= 0.3 is 0 Å². The molecule has 2 unspecified atom stereocenters. The molecule has 1 N–H and O–H groups in total. The molecule has 112 valence electrons. The van der Waals surface area contributed by atoms with Gasteiger partial charge in [0.1, 0.15) is 5.75 Å². The van der Waals surface area contributed by atoms with Crippen molar-refractivity contribution in [2.45, 2.75) is 52.2 Å². The summed E-state index contributed by atoms with van der Waals surface area (Å²) in [6.45, 7) is 8.20. The van der Waals surface area contributed by atoms with Crippen LogP contribution >= 0.6 is 0 Å². The van der Waals surface area contributed by atoms with Gasteiger partial charge in [-0.1, -0.05) is 19.1 Å². The number of benzene rings is 1. The zero-order valence-electron chi connectivity index (χ0n) is 13.2. The number of methoxy groups -OCH3 is 1. The summed E-state index contributed by atoms with van der Waals surface area (Å²) in [5.41, 5.74) is 3.72. The highest BCUT2D eigenvalue weighted by molar-refractivity contribution is 5.47. The summed E-state index contributed by atoms with van der Waals surface area (Å²) in [7, 11) is 1.76. The fraction of sp³-hybridized carbons (Fsp3) is 0.647. The summed E-state index contributed by atoms with van der Waals surface area (Å²) in [6, 6.07) is 4.59. The third kappa shape index (κ3) is 3.15. The second-order valence-corrected chi connectivity index (χ2v) is 5.57. The van der Waals surface area contributed by atoms with E-state index in [-0.39, 0.29) is 12.1 Å². The molecule has 0 aliphatic carbocycles. The van der Waals surface area contributed by atoms with E-state index in [4.69, 9.17) is 9.47 Å². The van der Waals surface area contributed by atoms with Crippen molar-refractivity contribution in [3.05, 3.63) is 28.8 Å². The molecule has 3 nitrogen and oxygen atoms in total. The zero-order chi connectivity index (χ0) is 14.5. The average molecular weight is 277 g/mol. The van der Waals surface area contributed by atoms with Crippen LogP contribution in [0.2, 0.25) is 0 Å². The molecule has 20 heavy (non-hydrogen) atoms. The molecule has 2 atom stereocenters. The van der Waals surface area contributed by atoms with Gasteiger partial charge in [0.05, 0.1) is 19.3 Å². The average Bonchev–Trinajstić information content (AvgIpc) is 2.48. The Morgan fingerprint density at radius 3 is 2.75 bits per heavy atom. The molecule has 0 aromatic heterocycles. The van der Waals surface area contributed by atoms with E-state index in [1.807, 2.05) is 0 Å². The number of nitrogens with one attached hydrogen (secondary N) is 1. The van der Waals surface area contributed by atoms with Gasteiger partial charge in [-0.3, -0.25) is 0 Å². The summed E-state index contributed by atoms with van der Waals surface area (Å²) in [4.78, 5) is 0. The summed E-state index contributed by atoms with van der Waals surface area (Å²) < 4.78 is 11.7. The first-order valence-electron chi connectivity index (χ1n) is 7.68. The van der Waals surface area contributed by atoms with Crippen LogP contribution in [0.25, 0.3) is 0 Å². The predicted molar refractivity (Wildman–Crippen MR) is 82.5 cm³/mol. The number of hydrogen-bond acceptors (Lipinski definition) is 3. The second kappa shape index (κ2) is 7.09. The van der Waals surface area contributed by atoms with E-state index in [0.717, 1.165) is 25.3 Å². The fourth-order valence-electron chi connectivity index (χ4n) is 3.02. The van der Waals surface area contributed by atoms with Crippen LogP contribution in [0.5, 0.6) is 5.75 Å². The van der Waals surface area contributed by atoms with Crippen molar-refractivity contribution >= 4 is 0 Å². The third-order valence-corrected chi connectivity index (χ3v) is 4.26. The van der Waals surface area contributed by atoms with Crippen LogP contribution in [-0.4, -0.2) is 26.4 Å². The maximum Gasteiger partial charge on any atom is 0.126 e. The Labute approximate surface area is 122 Å². The molecular formula is C17H27NO2. The van der Waals surface area contributed by atoms with Crippen LogP contribution in [0, 0.1) is 13.8 Å². The maximum absolute atomic E-state index is 6.00. The van der Waals surface area contributed by atoms with Crippen molar-refractivity contribution in [2.75, 3.05) is 20.3 Å². The second-order valence-electron chi connectivity index (χ2n) is 5.57. The highest BCUT2D eigenvalue weighted by atomic mass is 16.5. The van der Waals surface area contributed by atoms with E-state index >= 15 is 0 Å². The summed E-state index contributed by atoms with van der Waals surface area (Å²) >= 11 is 0. The van der Waals surface area contributed by atoms with Gasteiger partial charge in [0.15, 0.2) is 0 Å². The molecule has 3 heteroatoms. The molecule has 1 saturated heterocycles. The lowest BCUT2D eigenvalue weighted by molar-refractivity contribution is -0.00831. The van der Waals surface area contributed by atoms with Gasteiger partial charge in [0.2, 0.25) is 0 Å². The van der Waals surface area contributed by atoms with Gasteiger partial charge in [0, 0.05) is 12.2 Å². The van der Waals surface area contributed by atoms with E-state index in [1.165, 1.54) is 29.5 Å². The minimum Gasteiger partial charge on any atom is -0.496 e. The number of rotatable bonds is 5. The van der Waals surface area contributed by atoms with Crippen molar-refractivity contribution in [1.82, 2.24) is 5.32 Å². The Bertz CT molecular complexity index is 439. The first-order chi connectivity index (χ1) is 9.69. The van der Waals surface area contributed by atoms with Crippen LogP contribution in [0.15, 0.2) is 12.1 Å². The van der Waals surface area contributed by atoms with Crippen LogP contribution in [0.3, 0.4) is 0 Å². The van der Waals surface area contributed by atoms with Crippen molar-refractivity contribution in [3.63, 3.8) is 0 Å². The number of hydrogen-bond donors (Lipinski definition) is 1. The lowest BCUT2D eigenvalue weighted by Crippen LogP contribution is -2.36. The lowest BCUT2D eigenvalue weighted by atomic mass is 9.92. The zero-order valence-corrected chi connectivity index (χ0v) is 13.2. The number of aryl methyl sites for hydroxylation is 1. The molecule has 1 heterocycles. The van der Waals surface area contributed by atoms with E-state index in [1.54, 1.807) is 7.11 Å².